The number of nitrogens with zero attached hydrogens (tertiary/aromatic N) is 5. The molecular weight excluding hydrogens is 535 g/mol. The van der Waals surface area contributed by atoms with Gasteiger partial charge in [-0.2, -0.15) is 0 Å². The van der Waals surface area contributed by atoms with Crippen LogP contribution in [-0.2, 0) is 18.3 Å². The fraction of sp³-hybridized carbons (Fsp3) is 0.550. The number of halogens is 3. The van der Waals surface area contributed by atoms with Crippen molar-refractivity contribution in [2.24, 2.45) is 12.0 Å². The highest BCUT2D eigenvalue weighted by Crippen LogP contribution is 2.17. The fourth-order valence-corrected chi connectivity index (χ4v) is 2.99. The predicted octanol–water partition coefficient (Wildman–Crippen LogP) is 1.47. The van der Waals surface area contributed by atoms with E-state index in [1.807, 2.05) is 18.5 Å². The molecule has 0 aliphatic carbocycles. The summed E-state index contributed by atoms with van der Waals surface area (Å²) in [4.78, 5) is 6.89. The average molecular weight is 565 g/mol. The summed E-state index contributed by atoms with van der Waals surface area (Å²) in [5.74, 6) is 0.802. The van der Waals surface area contributed by atoms with E-state index in [0.717, 1.165) is 56.6 Å². The molecule has 32 heavy (non-hydrogen) atoms. The number of hydrogen-bond acceptors (Lipinski definition) is 6. The molecule has 178 valence electrons. The average Bonchev–Trinajstić information content (AvgIpc) is 3.08. The van der Waals surface area contributed by atoms with Crippen molar-refractivity contribution in [3.05, 3.63) is 41.5 Å². The van der Waals surface area contributed by atoms with Crippen molar-refractivity contribution in [3.63, 3.8) is 0 Å². The molecule has 1 fully saturated rings. The highest BCUT2D eigenvalue weighted by Gasteiger charge is 2.11. The van der Waals surface area contributed by atoms with Gasteiger partial charge in [0.25, 0.3) is 0 Å². The zero-order valence-electron chi connectivity index (χ0n) is 18.3. The number of guanidine groups is 1. The number of benzene rings is 1. The summed E-state index contributed by atoms with van der Waals surface area (Å²) in [6.07, 6.45) is 0. The number of nitrogens with one attached hydrogen (secondary N) is 2. The maximum atomic E-state index is 13.7. The van der Waals surface area contributed by atoms with E-state index in [1.165, 1.54) is 6.07 Å². The Kier molecular flexibility index (Phi) is 11.0. The third-order valence-electron chi connectivity index (χ3n) is 4.93. The zero-order valence-corrected chi connectivity index (χ0v) is 20.6. The molecular formula is C20H30F2IN7O2. The minimum Gasteiger partial charge on any atom is -0.489 e. The number of aromatic nitrogens is 3. The second-order valence-electron chi connectivity index (χ2n) is 7.12. The van der Waals surface area contributed by atoms with Gasteiger partial charge in [-0.3, -0.25) is 4.90 Å². The largest absolute Gasteiger partial charge is 0.489 e. The smallest absolute Gasteiger partial charge is 0.191 e. The lowest BCUT2D eigenvalue weighted by Crippen LogP contribution is -2.45. The molecule has 1 aromatic heterocycles. The zero-order chi connectivity index (χ0) is 22.1. The molecule has 3 rings (SSSR count). The van der Waals surface area contributed by atoms with Crippen molar-refractivity contribution < 1.29 is 18.3 Å². The van der Waals surface area contributed by atoms with E-state index >= 15 is 0 Å². The van der Waals surface area contributed by atoms with Gasteiger partial charge in [-0.15, -0.1) is 34.2 Å². The molecule has 1 saturated heterocycles. The van der Waals surface area contributed by atoms with Crippen molar-refractivity contribution >= 4 is 29.9 Å². The Balaban J connectivity index is 0.00000363. The van der Waals surface area contributed by atoms with Crippen LogP contribution in [0.4, 0.5) is 8.78 Å². The van der Waals surface area contributed by atoms with E-state index in [2.05, 4.69) is 30.7 Å². The molecule has 0 saturated carbocycles. The first-order valence-electron chi connectivity index (χ1n) is 10.3. The van der Waals surface area contributed by atoms with Crippen molar-refractivity contribution in [3.8, 4) is 5.75 Å². The molecule has 0 atom stereocenters. The first kappa shape index (κ1) is 26.2. The monoisotopic (exact) mass is 565 g/mol. The van der Waals surface area contributed by atoms with Gasteiger partial charge in [-0.1, -0.05) is 0 Å². The maximum Gasteiger partial charge on any atom is 0.191 e. The van der Waals surface area contributed by atoms with Gasteiger partial charge in [0.2, 0.25) is 0 Å². The van der Waals surface area contributed by atoms with Gasteiger partial charge in [-0.05, 0) is 19.1 Å². The molecule has 0 bridgehead atoms. The minimum atomic E-state index is -0.727. The van der Waals surface area contributed by atoms with Gasteiger partial charge in [0.1, 0.15) is 24.8 Å². The van der Waals surface area contributed by atoms with Crippen LogP contribution in [0.15, 0.2) is 23.2 Å². The van der Waals surface area contributed by atoms with Gasteiger partial charge >= 0.3 is 0 Å². The summed E-state index contributed by atoms with van der Waals surface area (Å²) in [7, 11) is 1.89. The van der Waals surface area contributed by atoms with Gasteiger partial charge < -0.3 is 24.7 Å². The van der Waals surface area contributed by atoms with E-state index < -0.39 is 11.6 Å². The number of morpholine rings is 1. The Morgan fingerprint density at radius 3 is 2.62 bits per heavy atom. The minimum absolute atomic E-state index is 0. The Labute approximate surface area is 203 Å². The molecule has 2 N–H and O–H groups in total. The second kappa shape index (κ2) is 13.5. The summed E-state index contributed by atoms with van der Waals surface area (Å²) < 4.78 is 39.3. The third-order valence-corrected chi connectivity index (χ3v) is 4.93. The van der Waals surface area contributed by atoms with E-state index in [9.17, 15) is 8.78 Å². The van der Waals surface area contributed by atoms with Crippen molar-refractivity contribution in [2.75, 3.05) is 52.5 Å². The number of aliphatic imine (C=N–C) groups is 1. The lowest BCUT2D eigenvalue weighted by atomic mass is 10.3. The second-order valence-corrected chi connectivity index (χ2v) is 7.12. The normalized spacial score (nSPS) is 14.7. The molecule has 0 unspecified atom stereocenters. The van der Waals surface area contributed by atoms with E-state index in [4.69, 9.17) is 9.47 Å². The lowest BCUT2D eigenvalue weighted by molar-refractivity contribution is 0.0389. The molecule has 0 radical (unpaired) electrons. The summed E-state index contributed by atoms with van der Waals surface area (Å²) >= 11 is 0. The molecule has 2 heterocycles. The number of hydrogen-bond donors (Lipinski definition) is 2. The van der Waals surface area contributed by atoms with Crippen LogP contribution in [0, 0.1) is 18.6 Å². The molecule has 0 amide bonds. The number of ether oxygens (including phenoxy) is 2. The molecule has 0 spiro atoms. The van der Waals surface area contributed by atoms with E-state index in [0.29, 0.717) is 25.6 Å². The van der Waals surface area contributed by atoms with Gasteiger partial charge in [0.15, 0.2) is 23.4 Å². The quantitative estimate of drug-likeness (QED) is 0.206. The van der Waals surface area contributed by atoms with Crippen LogP contribution in [0.3, 0.4) is 0 Å². The van der Waals surface area contributed by atoms with Crippen LogP contribution in [0.2, 0.25) is 0 Å². The van der Waals surface area contributed by atoms with E-state index in [-0.39, 0.29) is 36.3 Å². The highest BCUT2D eigenvalue weighted by molar-refractivity contribution is 14.0. The first-order valence-corrected chi connectivity index (χ1v) is 10.3. The maximum absolute atomic E-state index is 13.7. The highest BCUT2D eigenvalue weighted by atomic mass is 127. The Bertz CT molecular complexity index is 876. The Morgan fingerprint density at radius 2 is 1.94 bits per heavy atom. The van der Waals surface area contributed by atoms with Crippen LogP contribution < -0.4 is 15.4 Å². The van der Waals surface area contributed by atoms with Gasteiger partial charge in [0, 0.05) is 39.3 Å². The number of rotatable bonds is 9. The lowest BCUT2D eigenvalue weighted by Gasteiger charge is -2.26. The van der Waals surface area contributed by atoms with Gasteiger partial charge in [0.05, 0.1) is 19.8 Å². The molecule has 12 heteroatoms. The topological polar surface area (TPSA) is 88.8 Å². The van der Waals surface area contributed by atoms with Crippen molar-refractivity contribution in [2.45, 2.75) is 13.5 Å². The van der Waals surface area contributed by atoms with Crippen LogP contribution in [0.25, 0.3) is 0 Å². The van der Waals surface area contributed by atoms with Gasteiger partial charge in [-0.25, -0.2) is 13.8 Å². The SMILES string of the molecule is Cc1nnc(CN=C(NCCOc2ccc(F)cc2F)NCCN2CCOCC2)n1C.I. The van der Waals surface area contributed by atoms with Crippen LogP contribution in [0.5, 0.6) is 5.75 Å². The fourth-order valence-electron chi connectivity index (χ4n) is 2.99. The van der Waals surface area contributed by atoms with Crippen LogP contribution in [-0.4, -0.2) is 78.2 Å². The van der Waals surface area contributed by atoms with Crippen molar-refractivity contribution in [1.82, 2.24) is 30.3 Å². The molecule has 1 aliphatic rings. The first-order chi connectivity index (χ1) is 15.0. The summed E-state index contributed by atoms with van der Waals surface area (Å²) in [6, 6.07) is 3.23. The Hall–Kier alpha value is -2.06. The van der Waals surface area contributed by atoms with E-state index in [1.54, 1.807) is 0 Å². The summed E-state index contributed by atoms with van der Waals surface area (Å²) in [5.41, 5.74) is 0. The van der Waals surface area contributed by atoms with Crippen LogP contribution >= 0.6 is 24.0 Å². The summed E-state index contributed by atoms with van der Waals surface area (Å²) in [5, 5.41) is 14.6. The molecule has 2 aromatic rings. The predicted molar refractivity (Wildman–Crippen MR) is 127 cm³/mol. The van der Waals surface area contributed by atoms with Crippen molar-refractivity contribution in [1.29, 1.82) is 0 Å². The third kappa shape index (κ3) is 8.13. The molecule has 1 aliphatic heterocycles. The standard InChI is InChI=1S/C20H29F2N7O2.HI/c1-15-26-27-19(28(15)2)14-25-20(23-5-7-29-8-11-30-12-9-29)24-6-10-31-18-4-3-16(21)13-17(18)22;/h3-4,13H,5-12,14H2,1-2H3,(H2,23,24,25);1H. The molecule has 1 aromatic carbocycles. The number of aryl methyl sites for hydroxylation is 1. The Morgan fingerprint density at radius 1 is 1.19 bits per heavy atom. The molecule has 9 nitrogen and oxygen atoms in total. The summed E-state index contributed by atoms with van der Waals surface area (Å²) in [6.45, 7) is 7.72. The van der Waals surface area contributed by atoms with Crippen LogP contribution in [0.1, 0.15) is 11.6 Å².